The predicted molar refractivity (Wildman–Crippen MR) is 98.4 cm³/mol. The minimum absolute atomic E-state index is 0.130. The molecule has 7 nitrogen and oxygen atoms in total. The van der Waals surface area contributed by atoms with Gasteiger partial charge in [-0.2, -0.15) is 0 Å². The van der Waals surface area contributed by atoms with Crippen LogP contribution in [0.25, 0.3) is 6.08 Å². The SMILES string of the molecule is C[C@@H](OC(=O)CNS(=O)(=O)/C=C/c1ccccc1)C(=O)NC1CCCC1. The van der Waals surface area contributed by atoms with E-state index in [4.69, 9.17) is 4.74 Å². The molecule has 1 aromatic rings. The van der Waals surface area contributed by atoms with Crippen molar-refractivity contribution in [3.63, 3.8) is 0 Å². The Kier molecular flexibility index (Phi) is 7.35. The number of sulfonamides is 1. The predicted octanol–water partition coefficient (Wildman–Crippen LogP) is 1.57. The molecule has 2 N–H and O–H groups in total. The van der Waals surface area contributed by atoms with Crippen LogP contribution in [0.3, 0.4) is 0 Å². The summed E-state index contributed by atoms with van der Waals surface area (Å²) < 4.78 is 30.9. The van der Waals surface area contributed by atoms with Crippen LogP contribution in [-0.2, 0) is 24.3 Å². The average Bonchev–Trinajstić information content (AvgIpc) is 3.12. The molecule has 0 radical (unpaired) electrons. The minimum Gasteiger partial charge on any atom is -0.452 e. The summed E-state index contributed by atoms with van der Waals surface area (Å²) in [6, 6.07) is 9.04. The van der Waals surface area contributed by atoms with Gasteiger partial charge in [-0.25, -0.2) is 13.1 Å². The molecule has 1 fully saturated rings. The second kappa shape index (κ2) is 9.49. The van der Waals surface area contributed by atoms with Crippen LogP contribution >= 0.6 is 0 Å². The molecule has 26 heavy (non-hydrogen) atoms. The average molecular weight is 380 g/mol. The van der Waals surface area contributed by atoms with Crippen molar-refractivity contribution < 1.29 is 22.7 Å². The van der Waals surface area contributed by atoms with Crippen molar-refractivity contribution in [1.82, 2.24) is 10.0 Å². The standard InChI is InChI=1S/C18H24N2O5S/c1-14(18(22)20-16-9-5-6-10-16)25-17(21)13-19-26(23,24)12-11-15-7-3-2-4-8-15/h2-4,7-8,11-12,14,16,19H,5-6,9-10,13H2,1H3,(H,20,22)/b12-11+/t14-/m1/s1. The normalized spacial score (nSPS) is 16.5. The molecule has 2 rings (SSSR count). The third-order valence-electron chi connectivity index (χ3n) is 4.04. The molecule has 0 spiro atoms. The van der Waals surface area contributed by atoms with Crippen LogP contribution in [0.2, 0.25) is 0 Å². The van der Waals surface area contributed by atoms with Crippen molar-refractivity contribution in [3.05, 3.63) is 41.3 Å². The van der Waals surface area contributed by atoms with Gasteiger partial charge in [0.15, 0.2) is 6.10 Å². The van der Waals surface area contributed by atoms with E-state index in [9.17, 15) is 18.0 Å². The smallest absolute Gasteiger partial charge is 0.321 e. The topological polar surface area (TPSA) is 102 Å². The van der Waals surface area contributed by atoms with Gasteiger partial charge in [0.25, 0.3) is 5.91 Å². The minimum atomic E-state index is -3.78. The molecule has 1 saturated carbocycles. The Bertz CT molecular complexity index is 740. The first-order valence-corrected chi connectivity index (χ1v) is 10.1. The van der Waals surface area contributed by atoms with Gasteiger partial charge in [0.1, 0.15) is 6.54 Å². The zero-order valence-electron chi connectivity index (χ0n) is 14.7. The first-order chi connectivity index (χ1) is 12.4. The fourth-order valence-corrected chi connectivity index (χ4v) is 3.37. The highest BCUT2D eigenvalue weighted by atomic mass is 32.2. The van der Waals surface area contributed by atoms with Crippen LogP contribution < -0.4 is 10.0 Å². The number of esters is 1. The number of carbonyl (C=O) groups excluding carboxylic acids is 2. The molecule has 0 aliphatic heterocycles. The number of nitrogens with one attached hydrogen (secondary N) is 2. The molecule has 1 aliphatic rings. The van der Waals surface area contributed by atoms with Crippen molar-refractivity contribution in [2.24, 2.45) is 0 Å². The Morgan fingerprint density at radius 3 is 2.54 bits per heavy atom. The summed E-state index contributed by atoms with van der Waals surface area (Å²) in [7, 11) is -3.78. The quantitative estimate of drug-likeness (QED) is 0.667. The fraction of sp³-hybridized carbons (Fsp3) is 0.444. The van der Waals surface area contributed by atoms with Gasteiger partial charge >= 0.3 is 5.97 Å². The van der Waals surface area contributed by atoms with E-state index in [-0.39, 0.29) is 11.9 Å². The van der Waals surface area contributed by atoms with Gasteiger partial charge in [0.05, 0.1) is 0 Å². The summed E-state index contributed by atoms with van der Waals surface area (Å²) in [6.07, 6.45) is 4.48. The first kappa shape index (κ1) is 20.1. The van der Waals surface area contributed by atoms with E-state index >= 15 is 0 Å². The highest BCUT2D eigenvalue weighted by Crippen LogP contribution is 2.17. The van der Waals surface area contributed by atoms with Crippen LogP contribution in [0, 0.1) is 0 Å². The maximum Gasteiger partial charge on any atom is 0.321 e. The third kappa shape index (κ3) is 6.97. The molecule has 0 unspecified atom stereocenters. The van der Waals surface area contributed by atoms with Crippen LogP contribution in [0.15, 0.2) is 35.7 Å². The Morgan fingerprint density at radius 2 is 1.88 bits per heavy atom. The second-order valence-electron chi connectivity index (χ2n) is 6.20. The molecule has 8 heteroatoms. The third-order valence-corrected chi connectivity index (χ3v) is 5.08. The summed E-state index contributed by atoms with van der Waals surface area (Å²) in [5.41, 5.74) is 0.720. The van der Waals surface area contributed by atoms with E-state index in [1.165, 1.54) is 13.0 Å². The lowest BCUT2D eigenvalue weighted by atomic mass is 10.2. The molecule has 1 aliphatic carbocycles. The molecule has 0 heterocycles. The van der Waals surface area contributed by atoms with Crippen LogP contribution in [-0.4, -0.2) is 39.0 Å². The van der Waals surface area contributed by atoms with Gasteiger partial charge in [0, 0.05) is 11.4 Å². The number of benzene rings is 1. The maximum atomic E-state index is 12.0. The number of amides is 1. The van der Waals surface area contributed by atoms with Crippen molar-refractivity contribution in [3.8, 4) is 0 Å². The van der Waals surface area contributed by atoms with Gasteiger partial charge in [-0.3, -0.25) is 9.59 Å². The zero-order valence-corrected chi connectivity index (χ0v) is 15.5. The number of hydrogen-bond acceptors (Lipinski definition) is 5. The first-order valence-electron chi connectivity index (χ1n) is 8.58. The number of rotatable bonds is 8. The Balaban J connectivity index is 1.76. The van der Waals surface area contributed by atoms with Crippen molar-refractivity contribution in [2.45, 2.75) is 44.8 Å². The second-order valence-corrected chi connectivity index (χ2v) is 7.85. The molecule has 1 aromatic carbocycles. The molecule has 1 atom stereocenters. The molecule has 142 valence electrons. The monoisotopic (exact) mass is 380 g/mol. The number of carbonyl (C=O) groups is 2. The van der Waals surface area contributed by atoms with Crippen LogP contribution in [0.5, 0.6) is 0 Å². The van der Waals surface area contributed by atoms with E-state index in [2.05, 4.69) is 10.0 Å². The Morgan fingerprint density at radius 1 is 1.23 bits per heavy atom. The maximum absolute atomic E-state index is 12.0. The van der Waals surface area contributed by atoms with Crippen LogP contribution in [0.1, 0.15) is 38.2 Å². The molecular weight excluding hydrogens is 356 g/mol. The zero-order chi connectivity index (χ0) is 19.0. The summed E-state index contributed by atoms with van der Waals surface area (Å²) in [5.74, 6) is -1.17. The molecule has 1 amide bonds. The van der Waals surface area contributed by atoms with Gasteiger partial charge in [-0.1, -0.05) is 43.2 Å². The summed E-state index contributed by atoms with van der Waals surface area (Å²) >= 11 is 0. The van der Waals surface area contributed by atoms with Gasteiger partial charge < -0.3 is 10.1 Å². The highest BCUT2D eigenvalue weighted by Gasteiger charge is 2.23. The Hall–Kier alpha value is -2.19. The van der Waals surface area contributed by atoms with E-state index in [0.29, 0.717) is 0 Å². The van der Waals surface area contributed by atoms with Gasteiger partial charge in [-0.15, -0.1) is 0 Å². The molecule has 0 aromatic heterocycles. The molecule has 0 saturated heterocycles. The summed E-state index contributed by atoms with van der Waals surface area (Å²) in [6.45, 7) is 0.925. The Labute approximate surface area is 153 Å². The molecule has 0 bridgehead atoms. The van der Waals surface area contributed by atoms with E-state index in [0.717, 1.165) is 36.7 Å². The largest absolute Gasteiger partial charge is 0.452 e. The van der Waals surface area contributed by atoms with Crippen molar-refractivity contribution >= 4 is 28.0 Å². The lowest BCUT2D eigenvalue weighted by Gasteiger charge is -2.17. The van der Waals surface area contributed by atoms with Gasteiger partial charge in [-0.05, 0) is 31.4 Å². The van der Waals surface area contributed by atoms with Crippen molar-refractivity contribution in [1.29, 1.82) is 0 Å². The lowest BCUT2D eigenvalue weighted by molar-refractivity contribution is -0.153. The van der Waals surface area contributed by atoms with E-state index in [1.807, 2.05) is 6.07 Å². The summed E-state index contributed by atoms with van der Waals surface area (Å²) in [5, 5.41) is 3.81. The van der Waals surface area contributed by atoms with E-state index < -0.39 is 28.6 Å². The highest BCUT2D eigenvalue weighted by molar-refractivity contribution is 7.92. The number of ether oxygens (including phenoxy) is 1. The van der Waals surface area contributed by atoms with E-state index in [1.54, 1.807) is 24.3 Å². The molecular formula is C18H24N2O5S. The lowest BCUT2D eigenvalue weighted by Crippen LogP contribution is -2.42. The number of hydrogen-bond donors (Lipinski definition) is 2. The van der Waals surface area contributed by atoms with Gasteiger partial charge in [0.2, 0.25) is 10.0 Å². The van der Waals surface area contributed by atoms with Crippen LogP contribution in [0.4, 0.5) is 0 Å². The van der Waals surface area contributed by atoms with Crippen molar-refractivity contribution in [2.75, 3.05) is 6.54 Å². The fourth-order valence-electron chi connectivity index (χ4n) is 2.62. The summed E-state index contributed by atoms with van der Waals surface area (Å²) in [4.78, 5) is 23.7.